The number of rotatable bonds is 9. The first-order valence-electron chi connectivity index (χ1n) is 12.5. The number of nitrogens with one attached hydrogen (secondary N) is 1. The highest BCUT2D eigenvalue weighted by molar-refractivity contribution is 7.98. The van der Waals surface area contributed by atoms with Crippen molar-refractivity contribution in [2.75, 3.05) is 12.0 Å². The number of amides is 2. The molecule has 8 heteroatoms. The van der Waals surface area contributed by atoms with Gasteiger partial charge in [0, 0.05) is 12.2 Å². The summed E-state index contributed by atoms with van der Waals surface area (Å²) in [5.41, 5.74) is 1.89. The molecule has 2 aromatic carbocycles. The highest BCUT2D eigenvalue weighted by Crippen LogP contribution is 2.50. The molecule has 5 rings (SSSR count). The zero-order valence-corrected chi connectivity index (χ0v) is 21.8. The number of fused-ring (bicyclic) bond motifs is 1. The summed E-state index contributed by atoms with van der Waals surface area (Å²) in [4.78, 5) is 45.6. The molecule has 3 aromatic rings. The van der Waals surface area contributed by atoms with Crippen molar-refractivity contribution in [3.8, 4) is 0 Å². The van der Waals surface area contributed by atoms with Crippen LogP contribution in [-0.2, 0) is 20.9 Å². The van der Waals surface area contributed by atoms with Crippen LogP contribution in [0, 0.1) is 11.8 Å². The van der Waals surface area contributed by atoms with E-state index in [1.54, 1.807) is 24.4 Å². The number of nitrogens with zero attached hydrogens (tertiary/aromatic N) is 2. The molecule has 4 atom stereocenters. The molecule has 7 nitrogen and oxygen atoms in total. The zero-order valence-electron chi connectivity index (χ0n) is 21.0. The van der Waals surface area contributed by atoms with Gasteiger partial charge >= 0.3 is 5.97 Å². The highest BCUT2D eigenvalue weighted by atomic mass is 32.2. The Bertz CT molecular complexity index is 1350. The largest absolute Gasteiger partial charge is 0.480 e. The summed E-state index contributed by atoms with van der Waals surface area (Å²) in [6.07, 6.45) is 7.76. The minimum absolute atomic E-state index is 0.0275. The van der Waals surface area contributed by atoms with E-state index in [1.165, 1.54) is 16.7 Å². The summed E-state index contributed by atoms with van der Waals surface area (Å²) in [5, 5.41) is 13.7. The molecule has 2 amide bonds. The minimum atomic E-state index is -1.53. The SMILES string of the molecule is CSCCC1(C(=O)O)NC(c2ccc(C=Cc3ccccc3)cc2)C2C(=O)N(Cc3ccccn3)C(=O)C21. The zero-order chi connectivity index (χ0) is 26.7. The second-order valence-electron chi connectivity index (χ2n) is 9.64. The Hall–Kier alpha value is -3.75. The van der Waals surface area contributed by atoms with Crippen molar-refractivity contribution in [2.45, 2.75) is 24.5 Å². The quantitative estimate of drug-likeness (QED) is 0.317. The van der Waals surface area contributed by atoms with Gasteiger partial charge in [0.1, 0.15) is 5.54 Å². The van der Waals surface area contributed by atoms with E-state index in [0.717, 1.165) is 16.7 Å². The fourth-order valence-corrected chi connectivity index (χ4v) is 6.05. The minimum Gasteiger partial charge on any atom is -0.480 e. The summed E-state index contributed by atoms with van der Waals surface area (Å²) in [6.45, 7) is 0.0275. The Labute approximate surface area is 226 Å². The molecule has 2 aliphatic heterocycles. The Morgan fingerprint density at radius 3 is 2.32 bits per heavy atom. The fraction of sp³-hybridized carbons (Fsp3) is 0.267. The van der Waals surface area contributed by atoms with Crippen molar-refractivity contribution < 1.29 is 19.5 Å². The number of thioether (sulfide) groups is 1. The van der Waals surface area contributed by atoms with Gasteiger partial charge in [-0.25, -0.2) is 0 Å². The molecule has 2 aliphatic rings. The molecule has 0 bridgehead atoms. The van der Waals surface area contributed by atoms with Crippen LogP contribution in [0.5, 0.6) is 0 Å². The molecule has 0 radical (unpaired) electrons. The number of carboxylic acid groups (broad SMARTS) is 1. The first-order valence-corrected chi connectivity index (χ1v) is 13.9. The number of pyridine rings is 1. The van der Waals surface area contributed by atoms with Crippen LogP contribution < -0.4 is 5.32 Å². The lowest BCUT2D eigenvalue weighted by molar-refractivity contribution is -0.151. The number of aliphatic carboxylic acids is 1. The van der Waals surface area contributed by atoms with Crippen molar-refractivity contribution >= 4 is 41.7 Å². The first-order chi connectivity index (χ1) is 18.4. The molecule has 1 aromatic heterocycles. The summed E-state index contributed by atoms with van der Waals surface area (Å²) >= 11 is 1.52. The Morgan fingerprint density at radius 1 is 1.00 bits per heavy atom. The number of carboxylic acids is 1. The predicted molar refractivity (Wildman–Crippen MR) is 148 cm³/mol. The lowest BCUT2D eigenvalue weighted by atomic mass is 9.78. The van der Waals surface area contributed by atoms with Crippen LogP contribution in [0.1, 0.15) is 34.8 Å². The standard InChI is InChI=1S/C30H29N3O4S/c1-38-18-16-30(29(36)37)25-24(27(34)33(28(25)35)19-23-9-5-6-17-31-23)26(32-30)22-14-12-21(13-15-22)11-10-20-7-3-2-4-8-20/h2-15,17,24-26,32H,16,18-19H2,1H3,(H,36,37). The van der Waals surface area contributed by atoms with E-state index in [0.29, 0.717) is 11.4 Å². The molecular weight excluding hydrogens is 498 g/mol. The van der Waals surface area contributed by atoms with Crippen LogP contribution in [0.2, 0.25) is 0 Å². The van der Waals surface area contributed by atoms with Crippen molar-refractivity contribution in [3.05, 3.63) is 101 Å². The summed E-state index contributed by atoms with van der Waals surface area (Å²) in [7, 11) is 0. The molecule has 38 heavy (non-hydrogen) atoms. The van der Waals surface area contributed by atoms with E-state index in [9.17, 15) is 19.5 Å². The van der Waals surface area contributed by atoms with Gasteiger partial charge in [-0.3, -0.25) is 29.6 Å². The lowest BCUT2D eigenvalue weighted by Crippen LogP contribution is -2.56. The number of hydrogen-bond acceptors (Lipinski definition) is 6. The van der Waals surface area contributed by atoms with Gasteiger partial charge in [0.15, 0.2) is 0 Å². The van der Waals surface area contributed by atoms with Crippen LogP contribution in [-0.4, -0.2) is 50.3 Å². The highest BCUT2D eigenvalue weighted by Gasteiger charge is 2.68. The molecule has 2 N–H and O–H groups in total. The van der Waals surface area contributed by atoms with E-state index in [1.807, 2.05) is 73.0 Å². The number of likely N-dealkylation sites (tertiary alicyclic amines) is 1. The van der Waals surface area contributed by atoms with E-state index >= 15 is 0 Å². The average Bonchev–Trinajstić information content (AvgIpc) is 3.42. The van der Waals surface area contributed by atoms with Crippen LogP contribution in [0.4, 0.5) is 0 Å². The van der Waals surface area contributed by atoms with Crippen molar-refractivity contribution in [2.24, 2.45) is 11.8 Å². The van der Waals surface area contributed by atoms with Crippen molar-refractivity contribution in [1.29, 1.82) is 0 Å². The maximum atomic E-state index is 13.7. The van der Waals surface area contributed by atoms with Crippen molar-refractivity contribution in [3.63, 3.8) is 0 Å². The van der Waals surface area contributed by atoms with E-state index < -0.39 is 35.3 Å². The lowest BCUT2D eigenvalue weighted by Gasteiger charge is -2.31. The van der Waals surface area contributed by atoms with Gasteiger partial charge in [0.05, 0.1) is 24.1 Å². The van der Waals surface area contributed by atoms with Crippen LogP contribution in [0.3, 0.4) is 0 Å². The average molecular weight is 528 g/mol. The smallest absolute Gasteiger partial charge is 0.324 e. The van der Waals surface area contributed by atoms with E-state index in [-0.39, 0.29) is 18.9 Å². The maximum absolute atomic E-state index is 13.7. The number of carbonyl (C=O) groups is 3. The Kier molecular flexibility index (Phi) is 7.44. The van der Waals surface area contributed by atoms with Crippen LogP contribution >= 0.6 is 11.8 Å². The molecule has 194 valence electrons. The van der Waals surface area contributed by atoms with Gasteiger partial charge in [-0.2, -0.15) is 11.8 Å². The molecule has 2 fully saturated rings. The third-order valence-corrected chi connectivity index (χ3v) is 8.05. The fourth-order valence-electron chi connectivity index (χ4n) is 5.53. The number of imide groups is 1. The van der Waals surface area contributed by atoms with Crippen LogP contribution in [0.15, 0.2) is 79.0 Å². The van der Waals surface area contributed by atoms with Crippen LogP contribution in [0.25, 0.3) is 12.2 Å². The Morgan fingerprint density at radius 2 is 1.68 bits per heavy atom. The van der Waals surface area contributed by atoms with E-state index in [4.69, 9.17) is 0 Å². The molecule has 4 unspecified atom stereocenters. The summed E-state index contributed by atoms with van der Waals surface area (Å²) in [5.74, 6) is -3.18. The first kappa shape index (κ1) is 25.9. The molecule has 0 aliphatic carbocycles. The van der Waals surface area contributed by atoms with Crippen molar-refractivity contribution in [1.82, 2.24) is 15.2 Å². The molecule has 2 saturated heterocycles. The third-order valence-electron chi connectivity index (χ3n) is 7.44. The maximum Gasteiger partial charge on any atom is 0.324 e. The van der Waals surface area contributed by atoms with Gasteiger partial charge in [0.2, 0.25) is 11.8 Å². The van der Waals surface area contributed by atoms with Gasteiger partial charge < -0.3 is 5.11 Å². The van der Waals surface area contributed by atoms with E-state index in [2.05, 4.69) is 10.3 Å². The Balaban J connectivity index is 1.47. The number of carbonyl (C=O) groups excluding carboxylic acids is 2. The normalized spacial score (nSPS) is 24.8. The topological polar surface area (TPSA) is 99.6 Å². The second kappa shape index (κ2) is 10.9. The summed E-state index contributed by atoms with van der Waals surface area (Å²) in [6, 6.07) is 22.4. The predicted octanol–water partition coefficient (Wildman–Crippen LogP) is 4.27. The number of benzene rings is 2. The number of aromatic nitrogens is 1. The molecule has 0 spiro atoms. The third kappa shape index (κ3) is 4.77. The monoisotopic (exact) mass is 527 g/mol. The van der Waals surface area contributed by atoms with Gasteiger partial charge in [-0.05, 0) is 47.3 Å². The van der Waals surface area contributed by atoms with Gasteiger partial charge in [-0.15, -0.1) is 0 Å². The summed E-state index contributed by atoms with van der Waals surface area (Å²) < 4.78 is 0. The second-order valence-corrected chi connectivity index (χ2v) is 10.6. The van der Waals surface area contributed by atoms with Gasteiger partial charge in [-0.1, -0.05) is 72.8 Å². The van der Waals surface area contributed by atoms with Gasteiger partial charge in [0.25, 0.3) is 0 Å². The molecule has 0 saturated carbocycles. The molecular formula is C30H29N3O4S. The number of hydrogen-bond donors (Lipinski definition) is 2. The molecule has 3 heterocycles.